The first-order valence-corrected chi connectivity index (χ1v) is 6.71. The summed E-state index contributed by atoms with van der Waals surface area (Å²) in [4.78, 5) is 20.7. The second-order valence-electron chi connectivity index (χ2n) is 4.54. The van der Waals surface area contributed by atoms with Gasteiger partial charge in [-0.2, -0.15) is 0 Å². The van der Waals surface area contributed by atoms with Crippen LogP contribution >= 0.6 is 0 Å². The SMILES string of the molecule is CCOC1CCN(c2ncnc(NC)c2[N+](=O)[O-])CC1. The third-order valence-electron chi connectivity index (χ3n) is 3.37. The molecule has 0 radical (unpaired) electrons. The average molecular weight is 281 g/mol. The van der Waals surface area contributed by atoms with Crippen molar-refractivity contribution in [1.29, 1.82) is 0 Å². The summed E-state index contributed by atoms with van der Waals surface area (Å²) in [7, 11) is 1.61. The molecule has 0 atom stereocenters. The lowest BCUT2D eigenvalue weighted by molar-refractivity contribution is -0.383. The molecule has 2 rings (SSSR count). The van der Waals surface area contributed by atoms with Gasteiger partial charge in [0.15, 0.2) is 0 Å². The fourth-order valence-corrected chi connectivity index (χ4v) is 2.42. The first-order chi connectivity index (χ1) is 9.67. The van der Waals surface area contributed by atoms with E-state index >= 15 is 0 Å². The van der Waals surface area contributed by atoms with Crippen molar-refractivity contribution in [3.05, 3.63) is 16.4 Å². The summed E-state index contributed by atoms with van der Waals surface area (Å²) in [6.07, 6.45) is 3.29. The lowest BCUT2D eigenvalue weighted by Crippen LogP contribution is -2.38. The minimum atomic E-state index is -0.435. The first-order valence-electron chi connectivity index (χ1n) is 6.71. The summed E-state index contributed by atoms with van der Waals surface area (Å²) < 4.78 is 5.58. The number of hydrogen-bond donors (Lipinski definition) is 1. The Morgan fingerprint density at radius 2 is 2.20 bits per heavy atom. The van der Waals surface area contributed by atoms with E-state index in [-0.39, 0.29) is 17.6 Å². The summed E-state index contributed by atoms with van der Waals surface area (Å²) in [5.74, 6) is 0.622. The zero-order valence-electron chi connectivity index (χ0n) is 11.7. The number of nitrogens with zero attached hydrogens (tertiary/aromatic N) is 4. The van der Waals surface area contributed by atoms with E-state index in [1.54, 1.807) is 7.05 Å². The number of hydrogen-bond acceptors (Lipinski definition) is 7. The second kappa shape index (κ2) is 6.47. The topological polar surface area (TPSA) is 93.4 Å². The maximum absolute atomic E-state index is 11.2. The molecule has 0 unspecified atom stereocenters. The van der Waals surface area contributed by atoms with Gasteiger partial charge in [-0.25, -0.2) is 9.97 Å². The van der Waals surface area contributed by atoms with Crippen LogP contribution in [0.4, 0.5) is 17.3 Å². The molecule has 1 aromatic heterocycles. The zero-order valence-corrected chi connectivity index (χ0v) is 11.7. The molecule has 8 heteroatoms. The van der Waals surface area contributed by atoms with Crippen LogP contribution in [-0.2, 0) is 4.74 Å². The smallest absolute Gasteiger partial charge is 0.353 e. The minimum Gasteiger partial charge on any atom is -0.378 e. The van der Waals surface area contributed by atoms with Crippen molar-refractivity contribution < 1.29 is 9.66 Å². The van der Waals surface area contributed by atoms with Gasteiger partial charge in [-0.05, 0) is 19.8 Å². The van der Waals surface area contributed by atoms with Crippen LogP contribution in [0.1, 0.15) is 19.8 Å². The summed E-state index contributed by atoms with van der Waals surface area (Å²) in [6.45, 7) is 4.07. The van der Waals surface area contributed by atoms with Gasteiger partial charge in [-0.1, -0.05) is 0 Å². The molecule has 2 heterocycles. The van der Waals surface area contributed by atoms with Crippen molar-refractivity contribution in [3.63, 3.8) is 0 Å². The molecule has 1 saturated heterocycles. The number of rotatable bonds is 5. The van der Waals surface area contributed by atoms with Gasteiger partial charge in [-0.15, -0.1) is 0 Å². The number of anilines is 2. The van der Waals surface area contributed by atoms with Crippen LogP contribution in [0.5, 0.6) is 0 Å². The third-order valence-corrected chi connectivity index (χ3v) is 3.37. The van der Waals surface area contributed by atoms with E-state index in [2.05, 4.69) is 15.3 Å². The van der Waals surface area contributed by atoms with Gasteiger partial charge >= 0.3 is 5.69 Å². The van der Waals surface area contributed by atoms with Crippen LogP contribution in [0.2, 0.25) is 0 Å². The molecule has 1 aliphatic heterocycles. The summed E-state index contributed by atoms with van der Waals surface area (Å²) >= 11 is 0. The van der Waals surface area contributed by atoms with Crippen LogP contribution in [0.15, 0.2) is 6.33 Å². The molecule has 8 nitrogen and oxygen atoms in total. The highest BCUT2D eigenvalue weighted by Gasteiger charge is 2.29. The largest absolute Gasteiger partial charge is 0.378 e. The Kier molecular flexibility index (Phi) is 4.67. The van der Waals surface area contributed by atoms with Crippen LogP contribution in [0.3, 0.4) is 0 Å². The van der Waals surface area contributed by atoms with E-state index in [4.69, 9.17) is 4.74 Å². The molecule has 0 aliphatic carbocycles. The molecule has 1 aromatic rings. The lowest BCUT2D eigenvalue weighted by Gasteiger charge is -2.32. The Morgan fingerprint density at radius 3 is 2.75 bits per heavy atom. The van der Waals surface area contributed by atoms with Crippen molar-refractivity contribution in [1.82, 2.24) is 9.97 Å². The number of aromatic nitrogens is 2. The molecule has 0 saturated carbocycles. The minimum absolute atomic E-state index is 0.0649. The molecule has 1 fully saturated rings. The van der Waals surface area contributed by atoms with Crippen molar-refractivity contribution in [2.75, 3.05) is 37.0 Å². The fourth-order valence-electron chi connectivity index (χ4n) is 2.42. The standard InChI is InChI=1S/C12H19N5O3/c1-3-20-9-4-6-16(7-5-9)12-10(17(18)19)11(13-2)14-8-15-12/h8-9H,3-7H2,1-2H3,(H,13,14,15). The van der Waals surface area contributed by atoms with Crippen molar-refractivity contribution >= 4 is 17.3 Å². The molecule has 0 bridgehead atoms. The summed E-state index contributed by atoms with van der Waals surface area (Å²) in [6, 6.07) is 0. The van der Waals surface area contributed by atoms with Gasteiger partial charge in [0.25, 0.3) is 0 Å². The van der Waals surface area contributed by atoms with Crippen molar-refractivity contribution in [2.45, 2.75) is 25.9 Å². The monoisotopic (exact) mass is 281 g/mol. The van der Waals surface area contributed by atoms with Crippen molar-refractivity contribution in [3.8, 4) is 0 Å². The lowest BCUT2D eigenvalue weighted by atomic mass is 10.1. The normalized spacial score (nSPS) is 16.2. The van der Waals surface area contributed by atoms with Gasteiger partial charge in [0, 0.05) is 26.7 Å². The van der Waals surface area contributed by atoms with E-state index < -0.39 is 4.92 Å². The predicted molar refractivity (Wildman–Crippen MR) is 75.1 cm³/mol. The molecule has 20 heavy (non-hydrogen) atoms. The van der Waals surface area contributed by atoms with E-state index in [1.165, 1.54) is 6.33 Å². The predicted octanol–water partition coefficient (Wildman–Crippen LogP) is 1.43. The molecule has 0 spiro atoms. The molecular formula is C12H19N5O3. The zero-order chi connectivity index (χ0) is 14.5. The van der Waals surface area contributed by atoms with Crippen LogP contribution in [0.25, 0.3) is 0 Å². The molecule has 1 N–H and O–H groups in total. The Hall–Kier alpha value is -1.96. The quantitative estimate of drug-likeness (QED) is 0.644. The fraction of sp³-hybridized carbons (Fsp3) is 0.667. The highest BCUT2D eigenvalue weighted by Crippen LogP contribution is 2.33. The number of nitro groups is 1. The van der Waals surface area contributed by atoms with Crippen LogP contribution < -0.4 is 10.2 Å². The van der Waals surface area contributed by atoms with Gasteiger partial charge in [0.05, 0.1) is 11.0 Å². The third kappa shape index (κ3) is 2.96. The summed E-state index contributed by atoms with van der Waals surface area (Å²) in [5, 5.41) is 14.0. The highest BCUT2D eigenvalue weighted by molar-refractivity contribution is 5.70. The molecule has 0 aromatic carbocycles. The van der Waals surface area contributed by atoms with Crippen LogP contribution in [-0.4, -0.2) is 47.7 Å². The van der Waals surface area contributed by atoms with Gasteiger partial charge in [-0.3, -0.25) is 10.1 Å². The summed E-state index contributed by atoms with van der Waals surface area (Å²) in [5.41, 5.74) is -0.0649. The average Bonchev–Trinajstić information content (AvgIpc) is 2.47. The van der Waals surface area contributed by atoms with E-state index in [0.717, 1.165) is 12.8 Å². The maximum Gasteiger partial charge on any atom is 0.353 e. The number of piperidine rings is 1. The Morgan fingerprint density at radius 1 is 1.50 bits per heavy atom. The Bertz CT molecular complexity index is 474. The number of nitrogens with one attached hydrogen (secondary N) is 1. The highest BCUT2D eigenvalue weighted by atomic mass is 16.6. The Balaban J connectivity index is 2.19. The molecule has 0 amide bonds. The molecule has 1 aliphatic rings. The van der Waals surface area contributed by atoms with Crippen LogP contribution in [0, 0.1) is 10.1 Å². The van der Waals surface area contributed by atoms with Gasteiger partial charge in [0.2, 0.25) is 11.6 Å². The van der Waals surface area contributed by atoms with E-state index in [9.17, 15) is 10.1 Å². The first kappa shape index (κ1) is 14.4. The van der Waals surface area contributed by atoms with Gasteiger partial charge in [0.1, 0.15) is 6.33 Å². The van der Waals surface area contributed by atoms with Gasteiger partial charge < -0.3 is 15.0 Å². The maximum atomic E-state index is 11.2. The second-order valence-corrected chi connectivity index (χ2v) is 4.54. The molecule has 110 valence electrons. The van der Waals surface area contributed by atoms with E-state index in [0.29, 0.717) is 25.5 Å². The van der Waals surface area contributed by atoms with E-state index in [1.807, 2.05) is 11.8 Å². The Labute approximate surface area is 117 Å². The molecular weight excluding hydrogens is 262 g/mol. The van der Waals surface area contributed by atoms with Crippen molar-refractivity contribution in [2.24, 2.45) is 0 Å². The number of ether oxygens (including phenoxy) is 1.